The number of anilines is 4. The van der Waals surface area contributed by atoms with Gasteiger partial charge in [0, 0.05) is 17.8 Å². The molecule has 1 aromatic heterocycles. The van der Waals surface area contributed by atoms with Crippen molar-refractivity contribution in [2.75, 3.05) is 36.1 Å². The van der Waals surface area contributed by atoms with E-state index >= 15 is 0 Å². The standard InChI is InChI=1S/C22H33N7O/c1-30-19-10-8-17(9-11-19)29(18-12-14-24-15-13-18)22-27-20(23)26-21(28-22)25-16-6-4-2-3-5-7-16/h8-11,16,18,24H,2-7,12-15H2,1H3,(H3,23,25,26,27,28). The third kappa shape index (κ3) is 5.11. The Morgan fingerprint density at radius 3 is 2.33 bits per heavy atom. The summed E-state index contributed by atoms with van der Waals surface area (Å²) >= 11 is 0. The highest BCUT2D eigenvalue weighted by Crippen LogP contribution is 2.31. The lowest BCUT2D eigenvalue weighted by Crippen LogP contribution is -2.41. The molecule has 4 rings (SSSR count). The summed E-state index contributed by atoms with van der Waals surface area (Å²) in [5.74, 6) is 2.27. The maximum Gasteiger partial charge on any atom is 0.236 e. The second kappa shape index (κ2) is 9.93. The fraction of sp³-hybridized carbons (Fsp3) is 0.591. The Bertz CT molecular complexity index is 800. The van der Waals surface area contributed by atoms with Gasteiger partial charge in [-0.15, -0.1) is 0 Å². The summed E-state index contributed by atoms with van der Waals surface area (Å²) in [4.78, 5) is 15.9. The second-order valence-electron chi connectivity index (χ2n) is 8.20. The largest absolute Gasteiger partial charge is 0.497 e. The monoisotopic (exact) mass is 411 g/mol. The van der Waals surface area contributed by atoms with Crippen molar-refractivity contribution in [1.29, 1.82) is 0 Å². The fourth-order valence-corrected chi connectivity index (χ4v) is 4.46. The lowest BCUT2D eigenvalue weighted by atomic mass is 10.0. The van der Waals surface area contributed by atoms with Crippen molar-refractivity contribution in [2.45, 2.75) is 63.5 Å². The van der Waals surface area contributed by atoms with Gasteiger partial charge in [0.25, 0.3) is 0 Å². The molecule has 8 heteroatoms. The van der Waals surface area contributed by atoms with Crippen LogP contribution in [0.25, 0.3) is 0 Å². The predicted molar refractivity (Wildman–Crippen MR) is 120 cm³/mol. The Kier molecular flexibility index (Phi) is 6.84. The van der Waals surface area contributed by atoms with Crippen LogP contribution in [0.3, 0.4) is 0 Å². The number of piperidine rings is 1. The molecule has 1 aliphatic heterocycles. The molecule has 8 nitrogen and oxygen atoms in total. The van der Waals surface area contributed by atoms with Crippen LogP contribution >= 0.6 is 0 Å². The van der Waals surface area contributed by atoms with E-state index in [1.165, 1.54) is 25.7 Å². The van der Waals surface area contributed by atoms with Crippen LogP contribution in [0.1, 0.15) is 51.4 Å². The molecule has 1 saturated carbocycles. The van der Waals surface area contributed by atoms with Crippen LogP contribution < -0.4 is 26.0 Å². The number of ether oxygens (including phenoxy) is 1. The highest BCUT2D eigenvalue weighted by atomic mass is 16.5. The van der Waals surface area contributed by atoms with E-state index in [4.69, 9.17) is 15.5 Å². The number of benzene rings is 1. The molecule has 0 amide bonds. The summed E-state index contributed by atoms with van der Waals surface area (Å²) in [5, 5.41) is 6.97. The zero-order valence-corrected chi connectivity index (χ0v) is 17.8. The molecule has 0 spiro atoms. The summed E-state index contributed by atoms with van der Waals surface area (Å²) in [7, 11) is 1.68. The van der Waals surface area contributed by atoms with Gasteiger partial charge in [-0.3, -0.25) is 0 Å². The molecule has 1 aromatic carbocycles. The van der Waals surface area contributed by atoms with Crippen molar-refractivity contribution in [3.05, 3.63) is 24.3 Å². The van der Waals surface area contributed by atoms with Gasteiger partial charge in [0.05, 0.1) is 7.11 Å². The van der Waals surface area contributed by atoms with E-state index in [1.54, 1.807) is 7.11 Å². The van der Waals surface area contributed by atoms with Crippen LogP contribution in [0.4, 0.5) is 23.5 Å². The summed E-state index contributed by atoms with van der Waals surface area (Å²) < 4.78 is 5.33. The molecule has 1 aliphatic carbocycles. The van der Waals surface area contributed by atoms with Crippen molar-refractivity contribution in [1.82, 2.24) is 20.3 Å². The van der Waals surface area contributed by atoms with E-state index < -0.39 is 0 Å². The topological polar surface area (TPSA) is 101 Å². The van der Waals surface area contributed by atoms with E-state index in [-0.39, 0.29) is 5.95 Å². The third-order valence-corrected chi connectivity index (χ3v) is 6.07. The van der Waals surface area contributed by atoms with Gasteiger partial charge in [0.1, 0.15) is 5.75 Å². The first-order valence-corrected chi connectivity index (χ1v) is 11.1. The average molecular weight is 412 g/mol. The number of rotatable bonds is 6. The maximum absolute atomic E-state index is 6.13. The number of nitrogen functional groups attached to an aromatic ring is 1. The molecule has 2 aliphatic rings. The van der Waals surface area contributed by atoms with Gasteiger partial charge in [-0.2, -0.15) is 15.0 Å². The minimum absolute atomic E-state index is 0.253. The zero-order valence-electron chi connectivity index (χ0n) is 17.8. The lowest BCUT2D eigenvalue weighted by Gasteiger charge is -2.35. The molecule has 2 heterocycles. The van der Waals surface area contributed by atoms with Gasteiger partial charge >= 0.3 is 0 Å². The molecule has 4 N–H and O–H groups in total. The highest BCUT2D eigenvalue weighted by molar-refractivity contribution is 5.61. The summed E-state index contributed by atoms with van der Waals surface area (Å²) in [6, 6.07) is 8.75. The Morgan fingerprint density at radius 2 is 1.67 bits per heavy atom. The first-order valence-electron chi connectivity index (χ1n) is 11.1. The van der Waals surface area contributed by atoms with Gasteiger partial charge in [-0.05, 0) is 63.0 Å². The van der Waals surface area contributed by atoms with Crippen molar-refractivity contribution in [3.63, 3.8) is 0 Å². The van der Waals surface area contributed by atoms with Gasteiger partial charge in [-0.1, -0.05) is 25.7 Å². The number of aromatic nitrogens is 3. The molecular formula is C22H33N7O. The lowest BCUT2D eigenvalue weighted by molar-refractivity contribution is 0.414. The van der Waals surface area contributed by atoms with E-state index in [9.17, 15) is 0 Å². The molecule has 2 fully saturated rings. The van der Waals surface area contributed by atoms with Gasteiger partial charge < -0.3 is 26.0 Å². The maximum atomic E-state index is 6.13. The normalized spacial score (nSPS) is 18.6. The molecule has 162 valence electrons. The molecular weight excluding hydrogens is 378 g/mol. The zero-order chi connectivity index (χ0) is 20.8. The van der Waals surface area contributed by atoms with E-state index in [2.05, 4.69) is 37.6 Å². The molecule has 0 atom stereocenters. The van der Waals surface area contributed by atoms with Crippen LogP contribution in [0.5, 0.6) is 5.75 Å². The second-order valence-corrected chi connectivity index (χ2v) is 8.20. The number of nitrogens with two attached hydrogens (primary N) is 1. The number of hydrogen-bond acceptors (Lipinski definition) is 8. The SMILES string of the molecule is COc1ccc(N(c2nc(N)nc(NC3CCCCCC3)n2)C2CCNCC2)cc1. The number of nitrogens with one attached hydrogen (secondary N) is 2. The van der Waals surface area contributed by atoms with Crippen molar-refractivity contribution >= 4 is 23.5 Å². The fourth-order valence-electron chi connectivity index (χ4n) is 4.46. The molecule has 2 aromatic rings. The molecule has 0 radical (unpaired) electrons. The van der Waals surface area contributed by atoms with Crippen molar-refractivity contribution in [2.24, 2.45) is 0 Å². The minimum atomic E-state index is 0.253. The number of nitrogens with zero attached hydrogens (tertiary/aromatic N) is 4. The van der Waals surface area contributed by atoms with E-state index in [1.807, 2.05) is 12.1 Å². The minimum Gasteiger partial charge on any atom is -0.497 e. The number of hydrogen-bond donors (Lipinski definition) is 3. The Morgan fingerprint density at radius 1 is 0.967 bits per heavy atom. The Balaban J connectivity index is 1.64. The van der Waals surface area contributed by atoms with Gasteiger partial charge in [0.15, 0.2) is 0 Å². The Hall–Kier alpha value is -2.61. The predicted octanol–water partition coefficient (Wildman–Crippen LogP) is 3.49. The van der Waals surface area contributed by atoms with Crippen LogP contribution in [0.15, 0.2) is 24.3 Å². The van der Waals surface area contributed by atoms with Gasteiger partial charge in [0.2, 0.25) is 17.8 Å². The highest BCUT2D eigenvalue weighted by Gasteiger charge is 2.26. The average Bonchev–Trinajstić information content (AvgIpc) is 3.03. The van der Waals surface area contributed by atoms with Crippen molar-refractivity contribution < 1.29 is 4.74 Å². The molecule has 30 heavy (non-hydrogen) atoms. The van der Waals surface area contributed by atoms with Crippen LogP contribution in [0.2, 0.25) is 0 Å². The summed E-state index contributed by atoms with van der Waals surface area (Å²) in [5.41, 5.74) is 7.16. The first-order chi connectivity index (χ1) is 14.7. The Labute approximate surface area is 178 Å². The van der Waals surface area contributed by atoms with Crippen LogP contribution in [0, 0.1) is 0 Å². The first kappa shape index (κ1) is 20.7. The smallest absolute Gasteiger partial charge is 0.236 e. The quantitative estimate of drug-likeness (QED) is 0.621. The number of methoxy groups -OCH3 is 1. The van der Waals surface area contributed by atoms with Crippen LogP contribution in [-0.4, -0.2) is 47.2 Å². The molecule has 0 bridgehead atoms. The van der Waals surface area contributed by atoms with E-state index in [0.29, 0.717) is 24.0 Å². The molecule has 0 unspecified atom stereocenters. The van der Waals surface area contributed by atoms with Crippen molar-refractivity contribution in [3.8, 4) is 5.75 Å². The van der Waals surface area contributed by atoms with E-state index in [0.717, 1.165) is 50.2 Å². The molecule has 1 saturated heterocycles. The van der Waals surface area contributed by atoms with Gasteiger partial charge in [-0.25, -0.2) is 0 Å². The van der Waals surface area contributed by atoms with Crippen LogP contribution in [-0.2, 0) is 0 Å². The third-order valence-electron chi connectivity index (χ3n) is 6.07. The summed E-state index contributed by atoms with van der Waals surface area (Å²) in [6.45, 7) is 1.95. The summed E-state index contributed by atoms with van der Waals surface area (Å²) in [6.07, 6.45) is 9.45.